The van der Waals surface area contributed by atoms with Gasteiger partial charge in [-0.25, -0.2) is 0 Å². The van der Waals surface area contributed by atoms with E-state index in [9.17, 15) is 0 Å². The first-order valence-corrected chi connectivity index (χ1v) is 7.41. The van der Waals surface area contributed by atoms with Crippen LogP contribution in [0.3, 0.4) is 0 Å². The van der Waals surface area contributed by atoms with Crippen molar-refractivity contribution in [2.75, 3.05) is 6.16 Å². The third kappa shape index (κ3) is 4.30. The predicted molar refractivity (Wildman–Crippen MR) is 70.7 cm³/mol. The molecule has 0 aliphatic carbocycles. The normalized spacial score (nSPS) is 16.1. The van der Waals surface area contributed by atoms with Gasteiger partial charge in [-0.05, 0) is 28.8 Å². The molecule has 0 rings (SSSR count). The smallest absolute Gasteiger partial charge is 0.0149 e. The van der Waals surface area contributed by atoms with Crippen molar-refractivity contribution in [2.24, 2.45) is 5.92 Å². The molecule has 14 heavy (non-hydrogen) atoms. The lowest BCUT2D eigenvalue weighted by Crippen LogP contribution is -2.29. The third-order valence-electron chi connectivity index (χ3n) is 2.95. The summed E-state index contributed by atoms with van der Waals surface area (Å²) in [7, 11) is 0.115. The van der Waals surface area contributed by atoms with Crippen LogP contribution in [0.1, 0.15) is 61.8 Å². The first-order valence-electron chi connectivity index (χ1n) is 5.89. The number of hydrogen-bond acceptors (Lipinski definition) is 0. The van der Waals surface area contributed by atoms with Crippen LogP contribution in [0.15, 0.2) is 0 Å². The zero-order valence-corrected chi connectivity index (χ0v) is 12.3. The van der Waals surface area contributed by atoms with Gasteiger partial charge in [0.15, 0.2) is 0 Å². The lowest BCUT2D eigenvalue weighted by Gasteiger charge is -2.44. The summed E-state index contributed by atoms with van der Waals surface area (Å²) < 4.78 is 0. The molecule has 0 aliphatic heterocycles. The van der Waals surface area contributed by atoms with Crippen LogP contribution in [-0.4, -0.2) is 16.5 Å². The molecule has 0 N–H and O–H groups in total. The fraction of sp³-hybridized carbons (Fsp3) is 1.00. The molecule has 0 fully saturated rings. The zero-order valence-electron chi connectivity index (χ0n) is 11.4. The van der Waals surface area contributed by atoms with Crippen LogP contribution in [0.5, 0.6) is 0 Å². The molecule has 1 atom stereocenters. The van der Waals surface area contributed by atoms with E-state index in [0.717, 1.165) is 5.92 Å². The Hall–Kier alpha value is 0.430. The quantitative estimate of drug-likeness (QED) is 0.573. The average molecular weight is 216 g/mol. The molecule has 0 aromatic carbocycles. The van der Waals surface area contributed by atoms with Gasteiger partial charge in [0.05, 0.1) is 0 Å². The van der Waals surface area contributed by atoms with Crippen molar-refractivity contribution in [3.8, 4) is 0 Å². The van der Waals surface area contributed by atoms with Gasteiger partial charge in [-0.2, -0.15) is 0 Å². The minimum atomic E-state index is 0.115. The molecule has 1 unspecified atom stereocenters. The summed E-state index contributed by atoms with van der Waals surface area (Å²) in [5, 5.41) is 1.04. The molecular formula is C13H29P. The molecule has 0 radical (unpaired) electrons. The maximum atomic E-state index is 2.45. The summed E-state index contributed by atoms with van der Waals surface area (Å²) in [5.41, 5.74) is 0. The lowest BCUT2D eigenvalue weighted by molar-refractivity contribution is 0.618. The molecule has 0 bridgehead atoms. The summed E-state index contributed by atoms with van der Waals surface area (Å²) in [4.78, 5) is 0. The molecule has 0 spiro atoms. The van der Waals surface area contributed by atoms with Crippen molar-refractivity contribution >= 4 is 7.92 Å². The van der Waals surface area contributed by atoms with Crippen LogP contribution < -0.4 is 0 Å². The van der Waals surface area contributed by atoms with Crippen LogP contribution in [-0.2, 0) is 0 Å². The van der Waals surface area contributed by atoms with E-state index >= 15 is 0 Å². The topological polar surface area (TPSA) is 0 Å². The van der Waals surface area contributed by atoms with E-state index in [1.807, 2.05) is 0 Å². The summed E-state index contributed by atoms with van der Waals surface area (Å²) in [6.07, 6.45) is 2.72. The van der Waals surface area contributed by atoms with Gasteiger partial charge in [0, 0.05) is 0 Å². The molecule has 0 heterocycles. The second-order valence-electron chi connectivity index (χ2n) is 6.34. The molecule has 1 heteroatoms. The lowest BCUT2D eigenvalue weighted by atomic mass is 10.1. The summed E-state index contributed by atoms with van der Waals surface area (Å²) in [6.45, 7) is 19.2. The van der Waals surface area contributed by atoms with E-state index < -0.39 is 0 Å². The van der Waals surface area contributed by atoms with Crippen molar-refractivity contribution in [1.29, 1.82) is 0 Å². The Bertz CT molecular complexity index is 163. The summed E-state index contributed by atoms with van der Waals surface area (Å²) in [5.74, 6) is 0.839. The highest BCUT2D eigenvalue weighted by atomic mass is 31.1. The van der Waals surface area contributed by atoms with E-state index in [1.165, 1.54) is 12.6 Å². The van der Waals surface area contributed by atoms with Gasteiger partial charge in [0.1, 0.15) is 0 Å². The largest absolute Gasteiger partial charge is 0.0951 e. The zero-order chi connectivity index (χ0) is 11.6. The highest BCUT2D eigenvalue weighted by molar-refractivity contribution is 7.60. The first-order chi connectivity index (χ1) is 6.11. The predicted octanol–water partition coefficient (Wildman–Crippen LogP) is 5.11. The Labute approximate surface area is 92.6 Å². The Morgan fingerprint density at radius 1 is 1.00 bits per heavy atom. The van der Waals surface area contributed by atoms with Crippen molar-refractivity contribution in [3.63, 3.8) is 0 Å². The molecule has 0 aromatic rings. The van der Waals surface area contributed by atoms with Crippen LogP contribution in [0.25, 0.3) is 0 Å². The van der Waals surface area contributed by atoms with E-state index in [2.05, 4.69) is 55.4 Å². The van der Waals surface area contributed by atoms with Crippen LogP contribution >= 0.6 is 7.92 Å². The Kier molecular flexibility index (Phi) is 5.12. The van der Waals surface area contributed by atoms with Crippen molar-refractivity contribution < 1.29 is 0 Å². The standard InChI is InChI=1S/C13H29P/c1-9-13(7,8)14(10-11(2)3)12(4,5)6/h11H,9-10H2,1-8H3. The third-order valence-corrected chi connectivity index (χ3v) is 7.45. The molecule has 86 valence electrons. The van der Waals surface area contributed by atoms with E-state index in [-0.39, 0.29) is 7.92 Å². The van der Waals surface area contributed by atoms with Gasteiger partial charge in [0.2, 0.25) is 0 Å². The molecule has 0 saturated carbocycles. The highest BCUT2D eigenvalue weighted by Crippen LogP contribution is 2.61. The molecular weight excluding hydrogens is 187 g/mol. The van der Waals surface area contributed by atoms with Gasteiger partial charge in [-0.3, -0.25) is 0 Å². The van der Waals surface area contributed by atoms with Crippen LogP contribution in [0, 0.1) is 5.92 Å². The first kappa shape index (κ1) is 14.4. The second-order valence-corrected chi connectivity index (χ2v) is 10.1. The van der Waals surface area contributed by atoms with E-state index in [1.54, 1.807) is 0 Å². The Morgan fingerprint density at radius 3 is 1.64 bits per heavy atom. The molecule has 0 aromatic heterocycles. The van der Waals surface area contributed by atoms with Gasteiger partial charge < -0.3 is 0 Å². The van der Waals surface area contributed by atoms with Crippen molar-refractivity contribution in [1.82, 2.24) is 0 Å². The summed E-state index contributed by atoms with van der Waals surface area (Å²) >= 11 is 0. The SMILES string of the molecule is CCC(C)(C)P(CC(C)C)C(C)(C)C. The van der Waals surface area contributed by atoms with Gasteiger partial charge in [-0.15, -0.1) is 0 Å². The summed E-state index contributed by atoms with van der Waals surface area (Å²) in [6, 6.07) is 0. The highest BCUT2D eigenvalue weighted by Gasteiger charge is 2.36. The van der Waals surface area contributed by atoms with Crippen molar-refractivity contribution in [2.45, 2.75) is 72.1 Å². The number of hydrogen-bond donors (Lipinski definition) is 0. The fourth-order valence-corrected chi connectivity index (χ4v) is 5.95. The Morgan fingerprint density at radius 2 is 1.43 bits per heavy atom. The maximum Gasteiger partial charge on any atom is -0.0149 e. The van der Waals surface area contributed by atoms with Gasteiger partial charge >= 0.3 is 0 Å². The second kappa shape index (κ2) is 4.97. The minimum absolute atomic E-state index is 0.115. The van der Waals surface area contributed by atoms with Crippen molar-refractivity contribution in [3.05, 3.63) is 0 Å². The van der Waals surface area contributed by atoms with Crippen LogP contribution in [0.4, 0.5) is 0 Å². The van der Waals surface area contributed by atoms with Crippen LogP contribution in [0.2, 0.25) is 0 Å². The fourth-order valence-electron chi connectivity index (χ4n) is 1.98. The number of rotatable bonds is 4. The molecule has 0 saturated heterocycles. The van der Waals surface area contributed by atoms with Gasteiger partial charge in [0.25, 0.3) is 0 Å². The van der Waals surface area contributed by atoms with Gasteiger partial charge in [-0.1, -0.05) is 63.3 Å². The maximum absolute atomic E-state index is 2.45. The van der Waals surface area contributed by atoms with E-state index in [4.69, 9.17) is 0 Å². The van der Waals surface area contributed by atoms with E-state index in [0.29, 0.717) is 10.3 Å². The molecule has 0 amide bonds. The molecule has 0 aliphatic rings. The minimum Gasteiger partial charge on any atom is -0.0951 e. The molecule has 0 nitrogen and oxygen atoms in total. The monoisotopic (exact) mass is 216 g/mol. The Balaban J connectivity index is 4.73. The average Bonchev–Trinajstić information content (AvgIpc) is 1.98.